The third kappa shape index (κ3) is 3.58. The van der Waals surface area contributed by atoms with Gasteiger partial charge in [-0.05, 0) is 31.5 Å². The molecule has 0 radical (unpaired) electrons. The molecule has 7 heteroatoms. The van der Waals surface area contributed by atoms with E-state index in [1.165, 1.54) is 7.11 Å². The van der Waals surface area contributed by atoms with Crippen LogP contribution in [0.4, 0.5) is 0 Å². The van der Waals surface area contributed by atoms with E-state index in [9.17, 15) is 4.79 Å². The van der Waals surface area contributed by atoms with Crippen LogP contribution in [0.3, 0.4) is 0 Å². The predicted octanol–water partition coefficient (Wildman–Crippen LogP) is 3.72. The fourth-order valence-electron chi connectivity index (χ4n) is 2.43. The van der Waals surface area contributed by atoms with Crippen LogP contribution in [0.15, 0.2) is 38.7 Å². The number of aryl methyl sites for hydroxylation is 1. The van der Waals surface area contributed by atoms with Crippen LogP contribution in [-0.2, 0) is 17.8 Å². The summed E-state index contributed by atoms with van der Waals surface area (Å²) in [6, 6.07) is 5.66. The van der Waals surface area contributed by atoms with Gasteiger partial charge in [0.05, 0.1) is 24.2 Å². The zero-order chi connectivity index (χ0) is 17.1. The number of carbonyl (C=O) groups is 1. The SMILES string of the molecule is COC(=O)c1cc(CN(C)Cc2coc(-c3cccs3)n2)oc1C. The number of hydrogen-bond donors (Lipinski definition) is 0. The molecule has 126 valence electrons. The first-order valence-corrected chi connectivity index (χ1v) is 8.29. The third-order valence-electron chi connectivity index (χ3n) is 3.52. The summed E-state index contributed by atoms with van der Waals surface area (Å²) in [5, 5.41) is 1.99. The molecule has 3 aromatic rings. The van der Waals surface area contributed by atoms with Gasteiger partial charge in [0.15, 0.2) is 0 Å². The summed E-state index contributed by atoms with van der Waals surface area (Å²) < 4.78 is 15.9. The van der Waals surface area contributed by atoms with E-state index in [1.54, 1.807) is 30.6 Å². The number of esters is 1. The Hall–Kier alpha value is -2.38. The van der Waals surface area contributed by atoms with Crippen molar-refractivity contribution in [1.29, 1.82) is 0 Å². The van der Waals surface area contributed by atoms with Crippen LogP contribution in [0.1, 0.15) is 27.6 Å². The first kappa shape index (κ1) is 16.5. The summed E-state index contributed by atoms with van der Waals surface area (Å²) in [4.78, 5) is 19.2. The Labute approximate surface area is 143 Å². The number of aromatic nitrogens is 1. The lowest BCUT2D eigenvalue weighted by Gasteiger charge is -2.12. The molecule has 0 aliphatic rings. The highest BCUT2D eigenvalue weighted by Crippen LogP contribution is 2.24. The molecule has 0 aromatic carbocycles. The Balaban J connectivity index is 1.64. The largest absolute Gasteiger partial charge is 0.465 e. The van der Waals surface area contributed by atoms with Gasteiger partial charge in [0.2, 0.25) is 5.89 Å². The zero-order valence-corrected chi connectivity index (χ0v) is 14.6. The molecular weight excluding hydrogens is 328 g/mol. The van der Waals surface area contributed by atoms with Crippen molar-refractivity contribution in [3.63, 3.8) is 0 Å². The van der Waals surface area contributed by atoms with Crippen LogP contribution >= 0.6 is 11.3 Å². The summed E-state index contributed by atoms with van der Waals surface area (Å²) in [6.45, 7) is 2.92. The number of hydrogen-bond acceptors (Lipinski definition) is 7. The van der Waals surface area contributed by atoms with E-state index in [4.69, 9.17) is 13.6 Å². The lowest BCUT2D eigenvalue weighted by molar-refractivity contribution is 0.0599. The van der Waals surface area contributed by atoms with Crippen molar-refractivity contribution < 1.29 is 18.4 Å². The van der Waals surface area contributed by atoms with E-state index in [-0.39, 0.29) is 5.97 Å². The predicted molar refractivity (Wildman–Crippen MR) is 89.8 cm³/mol. The van der Waals surface area contributed by atoms with Crippen molar-refractivity contribution in [2.24, 2.45) is 0 Å². The fraction of sp³-hybridized carbons (Fsp3) is 0.294. The highest BCUT2D eigenvalue weighted by molar-refractivity contribution is 7.13. The van der Waals surface area contributed by atoms with Crippen LogP contribution in [0, 0.1) is 6.92 Å². The maximum atomic E-state index is 11.6. The Bertz CT molecular complexity index is 820. The van der Waals surface area contributed by atoms with E-state index >= 15 is 0 Å². The molecule has 0 atom stereocenters. The third-order valence-corrected chi connectivity index (χ3v) is 4.37. The van der Waals surface area contributed by atoms with Crippen LogP contribution in [0.25, 0.3) is 10.8 Å². The second-order valence-corrected chi connectivity index (χ2v) is 6.42. The van der Waals surface area contributed by atoms with E-state index < -0.39 is 0 Å². The molecule has 3 rings (SSSR count). The van der Waals surface area contributed by atoms with Gasteiger partial charge >= 0.3 is 5.97 Å². The van der Waals surface area contributed by atoms with Crippen molar-refractivity contribution >= 4 is 17.3 Å². The maximum absolute atomic E-state index is 11.6. The highest BCUT2D eigenvalue weighted by Gasteiger charge is 2.17. The van der Waals surface area contributed by atoms with E-state index in [1.807, 2.05) is 29.5 Å². The monoisotopic (exact) mass is 346 g/mol. The molecule has 0 saturated heterocycles. The second-order valence-electron chi connectivity index (χ2n) is 5.47. The quantitative estimate of drug-likeness (QED) is 0.634. The topological polar surface area (TPSA) is 68.7 Å². The van der Waals surface area contributed by atoms with Crippen molar-refractivity contribution in [3.8, 4) is 10.8 Å². The summed E-state index contributed by atoms with van der Waals surface area (Å²) in [7, 11) is 3.31. The number of methoxy groups -OCH3 is 1. The summed E-state index contributed by atoms with van der Waals surface area (Å²) in [5.74, 6) is 1.52. The van der Waals surface area contributed by atoms with Gasteiger partial charge in [-0.15, -0.1) is 11.3 Å². The molecule has 0 saturated carbocycles. The number of carbonyl (C=O) groups excluding carboxylic acids is 1. The minimum Gasteiger partial charge on any atom is -0.465 e. The molecule has 0 fully saturated rings. The number of ether oxygens (including phenoxy) is 1. The van der Waals surface area contributed by atoms with Crippen molar-refractivity contribution in [2.45, 2.75) is 20.0 Å². The van der Waals surface area contributed by atoms with Gasteiger partial charge in [-0.2, -0.15) is 0 Å². The molecule has 3 heterocycles. The fourth-order valence-corrected chi connectivity index (χ4v) is 3.08. The Morgan fingerprint density at radius 3 is 2.96 bits per heavy atom. The molecule has 0 unspecified atom stereocenters. The Morgan fingerprint density at radius 1 is 1.42 bits per heavy atom. The number of nitrogens with zero attached hydrogens (tertiary/aromatic N) is 2. The van der Waals surface area contributed by atoms with E-state index in [0.29, 0.717) is 36.1 Å². The van der Waals surface area contributed by atoms with Crippen LogP contribution in [0.2, 0.25) is 0 Å². The number of thiophene rings is 1. The van der Waals surface area contributed by atoms with E-state index in [0.717, 1.165) is 10.6 Å². The normalized spacial score (nSPS) is 11.2. The molecule has 0 aliphatic heterocycles. The van der Waals surface area contributed by atoms with Gasteiger partial charge in [-0.25, -0.2) is 9.78 Å². The van der Waals surface area contributed by atoms with Crippen LogP contribution in [-0.4, -0.2) is 30.0 Å². The van der Waals surface area contributed by atoms with E-state index in [2.05, 4.69) is 4.98 Å². The van der Waals surface area contributed by atoms with Crippen molar-refractivity contribution in [2.75, 3.05) is 14.2 Å². The molecule has 0 aliphatic carbocycles. The summed E-state index contributed by atoms with van der Waals surface area (Å²) in [6.07, 6.45) is 1.67. The van der Waals surface area contributed by atoms with Crippen molar-refractivity contribution in [1.82, 2.24) is 9.88 Å². The molecule has 0 spiro atoms. The standard InChI is InChI=1S/C17H18N2O4S/c1-11-14(17(20)21-3)7-13(23-11)9-19(2)8-12-10-22-16(18-12)15-5-4-6-24-15/h4-7,10H,8-9H2,1-3H3. The zero-order valence-electron chi connectivity index (χ0n) is 13.7. The second kappa shape index (κ2) is 7.02. The first-order chi connectivity index (χ1) is 11.6. The molecular formula is C17H18N2O4S. The van der Waals surface area contributed by atoms with Gasteiger partial charge < -0.3 is 13.6 Å². The molecule has 3 aromatic heterocycles. The van der Waals surface area contributed by atoms with Crippen molar-refractivity contribution in [3.05, 3.63) is 52.6 Å². The molecule has 6 nitrogen and oxygen atoms in total. The van der Waals surface area contributed by atoms with Gasteiger partial charge in [0.1, 0.15) is 23.3 Å². The first-order valence-electron chi connectivity index (χ1n) is 7.41. The minimum atomic E-state index is -0.387. The van der Waals surface area contributed by atoms with Gasteiger partial charge in [0.25, 0.3) is 0 Å². The summed E-state index contributed by atoms with van der Waals surface area (Å²) >= 11 is 1.59. The Morgan fingerprint density at radius 2 is 2.25 bits per heavy atom. The molecule has 0 bridgehead atoms. The molecule has 24 heavy (non-hydrogen) atoms. The van der Waals surface area contributed by atoms with Gasteiger partial charge in [-0.3, -0.25) is 4.90 Å². The van der Waals surface area contributed by atoms with Crippen LogP contribution in [0.5, 0.6) is 0 Å². The van der Waals surface area contributed by atoms with Gasteiger partial charge in [0, 0.05) is 6.54 Å². The number of oxazole rings is 1. The summed E-state index contributed by atoms with van der Waals surface area (Å²) in [5.41, 5.74) is 1.31. The average Bonchev–Trinajstić information content (AvgIpc) is 3.27. The lowest BCUT2D eigenvalue weighted by Crippen LogP contribution is -2.17. The Kier molecular flexibility index (Phi) is 4.82. The highest BCUT2D eigenvalue weighted by atomic mass is 32.1. The minimum absolute atomic E-state index is 0.387. The number of furan rings is 1. The smallest absolute Gasteiger partial charge is 0.341 e. The maximum Gasteiger partial charge on any atom is 0.341 e. The molecule has 0 amide bonds. The van der Waals surface area contributed by atoms with Crippen LogP contribution < -0.4 is 0 Å². The lowest BCUT2D eigenvalue weighted by atomic mass is 10.2. The van der Waals surface area contributed by atoms with Gasteiger partial charge in [-0.1, -0.05) is 6.07 Å². The number of rotatable bonds is 6. The average molecular weight is 346 g/mol. The molecule has 0 N–H and O–H groups in total.